The van der Waals surface area contributed by atoms with Crippen molar-refractivity contribution in [3.05, 3.63) is 53.2 Å². The SMILES string of the molecule is COc1cc(C)ccc1C(=O)N1CCN(Cc2cccnc2OC)CC1. The van der Waals surface area contributed by atoms with Crippen LogP contribution in [0.15, 0.2) is 36.5 Å². The number of nitrogens with zero attached hydrogens (tertiary/aromatic N) is 3. The molecule has 0 unspecified atom stereocenters. The zero-order valence-corrected chi connectivity index (χ0v) is 15.6. The minimum absolute atomic E-state index is 0.0282. The summed E-state index contributed by atoms with van der Waals surface area (Å²) < 4.78 is 10.7. The number of ether oxygens (including phenoxy) is 2. The summed E-state index contributed by atoms with van der Waals surface area (Å²) in [7, 11) is 3.24. The van der Waals surface area contributed by atoms with Gasteiger partial charge in [0.1, 0.15) is 5.75 Å². The lowest BCUT2D eigenvalue weighted by Gasteiger charge is -2.35. The lowest BCUT2D eigenvalue weighted by atomic mass is 10.1. The molecule has 1 aromatic carbocycles. The van der Waals surface area contributed by atoms with Crippen LogP contribution in [0.2, 0.25) is 0 Å². The van der Waals surface area contributed by atoms with E-state index in [1.165, 1.54) is 0 Å². The molecule has 26 heavy (non-hydrogen) atoms. The van der Waals surface area contributed by atoms with Gasteiger partial charge in [-0.15, -0.1) is 0 Å². The number of piperazine rings is 1. The Bertz CT molecular complexity index is 771. The van der Waals surface area contributed by atoms with E-state index in [2.05, 4.69) is 9.88 Å². The Morgan fingerprint density at radius 3 is 2.58 bits per heavy atom. The van der Waals surface area contributed by atoms with E-state index in [1.54, 1.807) is 20.4 Å². The van der Waals surface area contributed by atoms with Gasteiger partial charge in [-0.25, -0.2) is 4.98 Å². The fourth-order valence-electron chi connectivity index (χ4n) is 3.22. The van der Waals surface area contributed by atoms with Crippen LogP contribution in [0.25, 0.3) is 0 Å². The number of carbonyl (C=O) groups is 1. The zero-order valence-electron chi connectivity index (χ0n) is 15.6. The Morgan fingerprint density at radius 2 is 1.88 bits per heavy atom. The van der Waals surface area contributed by atoms with Gasteiger partial charge in [-0.3, -0.25) is 9.69 Å². The maximum absolute atomic E-state index is 12.9. The molecule has 1 aliphatic heterocycles. The van der Waals surface area contributed by atoms with E-state index in [0.717, 1.165) is 30.8 Å². The Kier molecular flexibility index (Phi) is 5.73. The van der Waals surface area contributed by atoms with Crippen molar-refractivity contribution in [2.45, 2.75) is 13.5 Å². The largest absolute Gasteiger partial charge is 0.496 e. The van der Waals surface area contributed by atoms with Crippen molar-refractivity contribution in [1.82, 2.24) is 14.8 Å². The molecule has 2 aromatic rings. The fourth-order valence-corrected chi connectivity index (χ4v) is 3.22. The summed E-state index contributed by atoms with van der Waals surface area (Å²) in [6.07, 6.45) is 1.73. The summed E-state index contributed by atoms with van der Waals surface area (Å²) in [5.74, 6) is 1.33. The molecule has 0 saturated carbocycles. The topological polar surface area (TPSA) is 54.9 Å². The van der Waals surface area contributed by atoms with E-state index < -0.39 is 0 Å². The highest BCUT2D eigenvalue weighted by Gasteiger charge is 2.24. The predicted octanol–water partition coefficient (Wildman–Crippen LogP) is 2.37. The third-order valence-corrected chi connectivity index (χ3v) is 4.68. The van der Waals surface area contributed by atoms with Gasteiger partial charge in [0.05, 0.1) is 19.8 Å². The maximum Gasteiger partial charge on any atom is 0.257 e. The molecule has 1 aromatic heterocycles. The summed E-state index contributed by atoms with van der Waals surface area (Å²) in [6.45, 7) is 5.78. The second kappa shape index (κ2) is 8.19. The van der Waals surface area contributed by atoms with Crippen molar-refractivity contribution in [2.24, 2.45) is 0 Å². The van der Waals surface area contributed by atoms with Crippen molar-refractivity contribution >= 4 is 5.91 Å². The van der Waals surface area contributed by atoms with Crippen molar-refractivity contribution in [1.29, 1.82) is 0 Å². The smallest absolute Gasteiger partial charge is 0.257 e. The molecule has 0 aliphatic carbocycles. The number of pyridine rings is 1. The summed E-state index contributed by atoms with van der Waals surface area (Å²) in [5, 5.41) is 0. The van der Waals surface area contributed by atoms with E-state index in [1.807, 2.05) is 42.2 Å². The van der Waals surface area contributed by atoms with E-state index in [4.69, 9.17) is 9.47 Å². The van der Waals surface area contributed by atoms with Crippen LogP contribution in [0.5, 0.6) is 11.6 Å². The van der Waals surface area contributed by atoms with Gasteiger partial charge in [0.15, 0.2) is 0 Å². The van der Waals surface area contributed by atoms with Gasteiger partial charge >= 0.3 is 0 Å². The summed E-state index contributed by atoms with van der Waals surface area (Å²) in [4.78, 5) is 21.3. The van der Waals surface area contributed by atoms with E-state index in [0.29, 0.717) is 30.3 Å². The van der Waals surface area contributed by atoms with Crippen LogP contribution in [0.4, 0.5) is 0 Å². The molecule has 6 heteroatoms. The summed E-state index contributed by atoms with van der Waals surface area (Å²) in [5.41, 5.74) is 2.77. The number of hydrogen-bond acceptors (Lipinski definition) is 5. The van der Waals surface area contributed by atoms with Crippen LogP contribution in [-0.4, -0.2) is 61.1 Å². The Morgan fingerprint density at radius 1 is 1.12 bits per heavy atom. The first kappa shape index (κ1) is 18.2. The van der Waals surface area contributed by atoms with Gasteiger partial charge < -0.3 is 14.4 Å². The molecule has 1 aliphatic rings. The number of hydrogen-bond donors (Lipinski definition) is 0. The van der Waals surface area contributed by atoms with Crippen molar-refractivity contribution in [3.63, 3.8) is 0 Å². The molecule has 0 radical (unpaired) electrons. The average molecular weight is 355 g/mol. The number of aryl methyl sites for hydroxylation is 1. The second-order valence-electron chi connectivity index (χ2n) is 6.44. The molecule has 1 amide bonds. The Labute approximate surface area is 154 Å². The standard InChI is InChI=1S/C20H25N3O3/c1-15-6-7-17(18(13-15)25-2)20(24)23-11-9-22(10-12-23)14-16-5-4-8-21-19(16)26-3/h4-8,13H,9-12,14H2,1-3H3. The number of methoxy groups -OCH3 is 2. The summed E-state index contributed by atoms with van der Waals surface area (Å²) >= 11 is 0. The minimum atomic E-state index is 0.0282. The van der Waals surface area contributed by atoms with Crippen molar-refractivity contribution in [3.8, 4) is 11.6 Å². The van der Waals surface area contributed by atoms with Gasteiger partial charge in [-0.1, -0.05) is 12.1 Å². The maximum atomic E-state index is 12.9. The monoisotopic (exact) mass is 355 g/mol. The number of rotatable bonds is 5. The van der Waals surface area contributed by atoms with E-state index in [9.17, 15) is 4.79 Å². The molecular weight excluding hydrogens is 330 g/mol. The van der Waals surface area contributed by atoms with Crippen molar-refractivity contribution in [2.75, 3.05) is 40.4 Å². The van der Waals surface area contributed by atoms with Crippen molar-refractivity contribution < 1.29 is 14.3 Å². The lowest BCUT2D eigenvalue weighted by Crippen LogP contribution is -2.48. The van der Waals surface area contributed by atoms with Crippen LogP contribution in [0.1, 0.15) is 21.5 Å². The molecule has 0 N–H and O–H groups in total. The first-order valence-electron chi connectivity index (χ1n) is 8.76. The van der Waals surface area contributed by atoms with Crippen LogP contribution in [0, 0.1) is 6.92 Å². The zero-order chi connectivity index (χ0) is 18.5. The normalized spacial score (nSPS) is 15.0. The van der Waals surface area contributed by atoms with Gasteiger partial charge in [-0.05, 0) is 30.7 Å². The first-order chi connectivity index (χ1) is 12.6. The molecule has 0 bridgehead atoms. The number of aromatic nitrogens is 1. The minimum Gasteiger partial charge on any atom is -0.496 e. The molecule has 1 fully saturated rings. The Hall–Kier alpha value is -2.60. The second-order valence-corrected chi connectivity index (χ2v) is 6.44. The molecule has 0 atom stereocenters. The van der Waals surface area contributed by atoms with Crippen LogP contribution < -0.4 is 9.47 Å². The van der Waals surface area contributed by atoms with Gasteiger partial charge in [0.2, 0.25) is 5.88 Å². The molecular formula is C20H25N3O3. The fraction of sp³-hybridized carbons (Fsp3) is 0.400. The first-order valence-corrected chi connectivity index (χ1v) is 8.76. The predicted molar refractivity (Wildman–Crippen MR) is 99.7 cm³/mol. The highest BCUT2D eigenvalue weighted by molar-refractivity contribution is 5.97. The third kappa shape index (κ3) is 3.96. The number of benzene rings is 1. The Balaban J connectivity index is 1.62. The molecule has 0 spiro atoms. The van der Waals surface area contributed by atoms with Crippen LogP contribution in [0.3, 0.4) is 0 Å². The van der Waals surface area contributed by atoms with Gasteiger partial charge in [-0.2, -0.15) is 0 Å². The molecule has 3 rings (SSSR count). The molecule has 6 nitrogen and oxygen atoms in total. The van der Waals surface area contributed by atoms with Gasteiger partial charge in [0, 0.05) is 44.5 Å². The third-order valence-electron chi connectivity index (χ3n) is 4.68. The quantitative estimate of drug-likeness (QED) is 0.824. The molecule has 2 heterocycles. The molecule has 138 valence electrons. The van der Waals surface area contributed by atoms with Crippen LogP contribution in [-0.2, 0) is 6.54 Å². The molecule has 1 saturated heterocycles. The number of carbonyl (C=O) groups excluding carboxylic acids is 1. The van der Waals surface area contributed by atoms with Gasteiger partial charge in [0.25, 0.3) is 5.91 Å². The highest BCUT2D eigenvalue weighted by Crippen LogP contribution is 2.23. The van der Waals surface area contributed by atoms with E-state index in [-0.39, 0.29) is 5.91 Å². The number of amides is 1. The average Bonchev–Trinajstić information content (AvgIpc) is 2.68. The van der Waals surface area contributed by atoms with Crippen LogP contribution >= 0.6 is 0 Å². The lowest BCUT2D eigenvalue weighted by molar-refractivity contribution is 0.0624. The summed E-state index contributed by atoms with van der Waals surface area (Å²) in [6, 6.07) is 9.64. The highest BCUT2D eigenvalue weighted by atomic mass is 16.5. The van der Waals surface area contributed by atoms with E-state index >= 15 is 0 Å².